The second kappa shape index (κ2) is 5.63. The quantitative estimate of drug-likeness (QED) is 0.911. The minimum absolute atomic E-state index is 0.0328. The summed E-state index contributed by atoms with van der Waals surface area (Å²) in [5.41, 5.74) is 2.22. The summed E-state index contributed by atoms with van der Waals surface area (Å²) in [6, 6.07) is 15.0. The van der Waals surface area contributed by atoms with Crippen LogP contribution >= 0.6 is 0 Å². The highest BCUT2D eigenvalue weighted by Crippen LogP contribution is 2.40. The van der Waals surface area contributed by atoms with Crippen molar-refractivity contribution in [3.8, 4) is 5.75 Å². The van der Waals surface area contributed by atoms with Crippen molar-refractivity contribution in [3.05, 3.63) is 65.5 Å². The highest BCUT2D eigenvalue weighted by Gasteiger charge is 2.28. The molecule has 0 fully saturated rings. The number of ether oxygens (including phenoxy) is 1. The first-order valence-electron chi connectivity index (χ1n) is 7.02. The van der Waals surface area contributed by atoms with Crippen molar-refractivity contribution >= 4 is 0 Å². The molecule has 0 radical (unpaired) electrons. The summed E-state index contributed by atoms with van der Waals surface area (Å²) < 4.78 is 19.1. The number of halogens is 1. The van der Waals surface area contributed by atoms with E-state index < -0.39 is 0 Å². The van der Waals surface area contributed by atoms with Gasteiger partial charge in [0, 0.05) is 18.0 Å². The molecule has 104 valence electrons. The van der Waals surface area contributed by atoms with Crippen molar-refractivity contribution in [2.24, 2.45) is 0 Å². The molecule has 0 bridgehead atoms. The molecule has 2 unspecified atom stereocenters. The van der Waals surface area contributed by atoms with Crippen LogP contribution in [0.3, 0.4) is 0 Å². The predicted octanol–water partition coefficient (Wildman–Crippen LogP) is 4.00. The van der Waals surface area contributed by atoms with E-state index in [0.29, 0.717) is 0 Å². The molecule has 3 rings (SSSR count). The van der Waals surface area contributed by atoms with Gasteiger partial charge in [0.05, 0.1) is 0 Å². The molecule has 2 aromatic carbocycles. The van der Waals surface area contributed by atoms with Crippen LogP contribution in [0.5, 0.6) is 5.75 Å². The minimum atomic E-state index is -0.215. The molecule has 0 saturated carbocycles. The van der Waals surface area contributed by atoms with Gasteiger partial charge < -0.3 is 10.1 Å². The van der Waals surface area contributed by atoms with E-state index in [9.17, 15) is 4.39 Å². The third-order valence-electron chi connectivity index (χ3n) is 3.71. The van der Waals surface area contributed by atoms with E-state index in [1.54, 1.807) is 12.1 Å². The van der Waals surface area contributed by atoms with Gasteiger partial charge in [-0.3, -0.25) is 0 Å². The Morgan fingerprint density at radius 1 is 1.15 bits per heavy atom. The van der Waals surface area contributed by atoms with Gasteiger partial charge in [-0.05, 0) is 30.3 Å². The molecule has 1 aliphatic heterocycles. The van der Waals surface area contributed by atoms with Crippen LogP contribution in [0.25, 0.3) is 0 Å². The number of fused-ring (bicyclic) bond motifs is 1. The summed E-state index contributed by atoms with van der Waals surface area (Å²) in [7, 11) is 0. The van der Waals surface area contributed by atoms with Crippen LogP contribution in [0, 0.1) is 5.82 Å². The molecule has 1 heterocycles. The summed E-state index contributed by atoms with van der Waals surface area (Å²) in [6.07, 6.45) is 0.825. The Bertz CT molecular complexity index is 582. The molecular formula is C17H18FNO. The van der Waals surface area contributed by atoms with Crippen molar-refractivity contribution < 1.29 is 9.13 Å². The first kappa shape index (κ1) is 13.1. The molecule has 2 aromatic rings. The van der Waals surface area contributed by atoms with Crippen molar-refractivity contribution in [1.29, 1.82) is 0 Å². The first-order chi connectivity index (χ1) is 9.78. The predicted molar refractivity (Wildman–Crippen MR) is 77.2 cm³/mol. The Hall–Kier alpha value is -1.87. The molecule has 2 nitrogen and oxygen atoms in total. The van der Waals surface area contributed by atoms with Gasteiger partial charge in [-0.1, -0.05) is 37.3 Å². The molecule has 1 aliphatic rings. The first-order valence-corrected chi connectivity index (χ1v) is 7.02. The van der Waals surface area contributed by atoms with E-state index in [1.165, 1.54) is 17.7 Å². The summed E-state index contributed by atoms with van der Waals surface area (Å²) in [6.45, 7) is 3.01. The molecule has 0 spiro atoms. The SMILES string of the molecule is CCNC1CC(c2ccc(F)cc2)Oc2ccccc21. The number of para-hydroxylation sites is 1. The van der Waals surface area contributed by atoms with Gasteiger partial charge in [0.2, 0.25) is 0 Å². The van der Waals surface area contributed by atoms with Gasteiger partial charge in [0.1, 0.15) is 17.7 Å². The number of benzene rings is 2. The molecular weight excluding hydrogens is 253 g/mol. The summed E-state index contributed by atoms with van der Waals surface area (Å²) >= 11 is 0. The Morgan fingerprint density at radius 3 is 2.65 bits per heavy atom. The lowest BCUT2D eigenvalue weighted by molar-refractivity contribution is 0.152. The van der Waals surface area contributed by atoms with E-state index in [4.69, 9.17) is 4.74 Å². The fourth-order valence-electron chi connectivity index (χ4n) is 2.74. The fourth-order valence-corrected chi connectivity index (χ4v) is 2.74. The number of nitrogens with one attached hydrogen (secondary N) is 1. The van der Waals surface area contributed by atoms with Gasteiger partial charge in [0.25, 0.3) is 0 Å². The summed E-state index contributed by atoms with van der Waals surface area (Å²) in [5.74, 6) is 0.701. The highest BCUT2D eigenvalue weighted by molar-refractivity contribution is 5.39. The number of hydrogen-bond donors (Lipinski definition) is 1. The maximum atomic E-state index is 13.0. The topological polar surface area (TPSA) is 21.3 Å². The molecule has 2 atom stereocenters. The molecule has 0 saturated heterocycles. The third kappa shape index (κ3) is 2.54. The summed E-state index contributed by atoms with van der Waals surface area (Å²) in [5, 5.41) is 3.50. The highest BCUT2D eigenvalue weighted by atomic mass is 19.1. The van der Waals surface area contributed by atoms with Gasteiger partial charge in [-0.25, -0.2) is 4.39 Å². The van der Waals surface area contributed by atoms with E-state index in [2.05, 4.69) is 18.3 Å². The normalized spacial score (nSPS) is 21.1. The minimum Gasteiger partial charge on any atom is -0.485 e. The van der Waals surface area contributed by atoms with Crippen LogP contribution in [0.15, 0.2) is 48.5 Å². The van der Waals surface area contributed by atoms with Crippen LogP contribution in [0.1, 0.15) is 36.6 Å². The average molecular weight is 271 g/mol. The Balaban J connectivity index is 1.91. The zero-order valence-electron chi connectivity index (χ0n) is 11.5. The van der Waals surface area contributed by atoms with E-state index in [0.717, 1.165) is 24.3 Å². The third-order valence-corrected chi connectivity index (χ3v) is 3.71. The molecule has 0 aliphatic carbocycles. The van der Waals surface area contributed by atoms with Gasteiger partial charge in [-0.2, -0.15) is 0 Å². The fraction of sp³-hybridized carbons (Fsp3) is 0.294. The lowest BCUT2D eigenvalue weighted by atomic mass is 9.93. The van der Waals surface area contributed by atoms with E-state index in [1.807, 2.05) is 18.2 Å². The Kier molecular flexibility index (Phi) is 3.70. The molecule has 0 aromatic heterocycles. The molecule has 20 heavy (non-hydrogen) atoms. The van der Waals surface area contributed by atoms with Gasteiger partial charge in [-0.15, -0.1) is 0 Å². The van der Waals surface area contributed by atoms with Crippen LogP contribution < -0.4 is 10.1 Å². The maximum absolute atomic E-state index is 13.0. The van der Waals surface area contributed by atoms with E-state index >= 15 is 0 Å². The van der Waals surface area contributed by atoms with Crippen molar-refractivity contribution in [3.63, 3.8) is 0 Å². The smallest absolute Gasteiger partial charge is 0.126 e. The maximum Gasteiger partial charge on any atom is 0.126 e. The van der Waals surface area contributed by atoms with Crippen LogP contribution in [-0.4, -0.2) is 6.54 Å². The Labute approximate surface area is 118 Å². The molecule has 3 heteroatoms. The molecule has 0 amide bonds. The average Bonchev–Trinajstić information content (AvgIpc) is 2.48. The second-order valence-corrected chi connectivity index (χ2v) is 5.04. The zero-order chi connectivity index (χ0) is 13.9. The summed E-state index contributed by atoms with van der Waals surface area (Å²) in [4.78, 5) is 0. The van der Waals surface area contributed by atoms with Crippen molar-refractivity contribution in [2.45, 2.75) is 25.5 Å². The van der Waals surface area contributed by atoms with Crippen LogP contribution in [0.2, 0.25) is 0 Å². The molecule has 1 N–H and O–H groups in total. The monoisotopic (exact) mass is 271 g/mol. The van der Waals surface area contributed by atoms with Crippen molar-refractivity contribution in [1.82, 2.24) is 5.32 Å². The lowest BCUT2D eigenvalue weighted by Gasteiger charge is -2.33. The Morgan fingerprint density at radius 2 is 1.90 bits per heavy atom. The van der Waals surface area contributed by atoms with Crippen LogP contribution in [-0.2, 0) is 0 Å². The van der Waals surface area contributed by atoms with Gasteiger partial charge >= 0.3 is 0 Å². The van der Waals surface area contributed by atoms with Crippen LogP contribution in [0.4, 0.5) is 4.39 Å². The van der Waals surface area contributed by atoms with Gasteiger partial charge in [0.15, 0.2) is 0 Å². The number of hydrogen-bond acceptors (Lipinski definition) is 2. The second-order valence-electron chi connectivity index (χ2n) is 5.04. The number of rotatable bonds is 3. The standard InChI is InChI=1S/C17H18FNO/c1-2-19-15-11-17(12-7-9-13(18)10-8-12)20-16-6-4-3-5-14(15)16/h3-10,15,17,19H,2,11H2,1H3. The van der Waals surface area contributed by atoms with E-state index in [-0.39, 0.29) is 18.0 Å². The van der Waals surface area contributed by atoms with Crippen molar-refractivity contribution in [2.75, 3.05) is 6.54 Å². The zero-order valence-corrected chi connectivity index (χ0v) is 11.5. The largest absolute Gasteiger partial charge is 0.485 e. The lowest BCUT2D eigenvalue weighted by Crippen LogP contribution is -2.28.